The zero-order chi connectivity index (χ0) is 16.2. The molecule has 1 saturated heterocycles. The Kier molecular flexibility index (Phi) is 4.57. The number of carbonyl (C=O) groups excluding carboxylic acids is 1. The first-order valence-electron chi connectivity index (χ1n) is 7.66. The van der Waals surface area contributed by atoms with Gasteiger partial charge in [-0.15, -0.1) is 0 Å². The van der Waals surface area contributed by atoms with E-state index in [2.05, 4.69) is 15.0 Å². The second-order valence-electron chi connectivity index (χ2n) is 5.66. The average Bonchev–Trinajstić information content (AvgIpc) is 3.00. The van der Waals surface area contributed by atoms with Gasteiger partial charge in [0.2, 0.25) is 0 Å². The maximum absolute atomic E-state index is 12.8. The van der Waals surface area contributed by atoms with Gasteiger partial charge in [-0.05, 0) is 12.1 Å². The van der Waals surface area contributed by atoms with Crippen LogP contribution in [-0.2, 0) is 18.3 Å². The number of nitrogens with zero attached hydrogens (tertiary/aromatic N) is 5. The van der Waals surface area contributed by atoms with Crippen LogP contribution < -0.4 is 4.90 Å². The van der Waals surface area contributed by atoms with Gasteiger partial charge in [-0.3, -0.25) is 9.48 Å². The fraction of sp³-hybridized carbons (Fsp3) is 0.438. The van der Waals surface area contributed by atoms with E-state index in [1.807, 2.05) is 19.3 Å². The molecule has 1 fully saturated rings. The lowest BCUT2D eigenvalue weighted by molar-refractivity contribution is 0.0784. The maximum atomic E-state index is 12.8. The van der Waals surface area contributed by atoms with Crippen LogP contribution in [0, 0.1) is 0 Å². The summed E-state index contributed by atoms with van der Waals surface area (Å²) < 4.78 is 7.11. The number of pyridine rings is 1. The number of amides is 1. The van der Waals surface area contributed by atoms with Crippen molar-refractivity contribution in [3.8, 4) is 0 Å². The highest BCUT2D eigenvalue weighted by Gasteiger charge is 2.22. The topological polar surface area (TPSA) is 63.5 Å². The maximum Gasteiger partial charge on any atom is 0.257 e. The zero-order valence-electron chi connectivity index (χ0n) is 13.5. The molecule has 0 bridgehead atoms. The van der Waals surface area contributed by atoms with Crippen LogP contribution in [-0.4, -0.2) is 58.9 Å². The highest BCUT2D eigenvalue weighted by Crippen LogP contribution is 2.20. The van der Waals surface area contributed by atoms with Gasteiger partial charge in [-0.2, -0.15) is 5.10 Å². The second-order valence-corrected chi connectivity index (χ2v) is 5.66. The molecule has 3 heterocycles. The Morgan fingerprint density at radius 2 is 2.17 bits per heavy atom. The second kappa shape index (κ2) is 6.78. The lowest BCUT2D eigenvalue weighted by atomic mass is 10.2. The number of hydrogen-bond acceptors (Lipinski definition) is 5. The molecule has 0 aliphatic carbocycles. The summed E-state index contributed by atoms with van der Waals surface area (Å²) in [4.78, 5) is 21.0. The Hall–Kier alpha value is -2.41. The third kappa shape index (κ3) is 3.50. The van der Waals surface area contributed by atoms with Crippen LogP contribution in [0.4, 0.5) is 5.82 Å². The number of rotatable bonds is 4. The van der Waals surface area contributed by atoms with Crippen molar-refractivity contribution in [2.24, 2.45) is 7.05 Å². The first-order valence-corrected chi connectivity index (χ1v) is 7.66. The largest absolute Gasteiger partial charge is 0.378 e. The van der Waals surface area contributed by atoms with Crippen molar-refractivity contribution in [3.05, 3.63) is 41.9 Å². The van der Waals surface area contributed by atoms with E-state index in [4.69, 9.17) is 4.74 Å². The molecule has 0 atom stereocenters. The Morgan fingerprint density at radius 1 is 1.39 bits per heavy atom. The third-order valence-corrected chi connectivity index (χ3v) is 3.85. The normalized spacial score (nSPS) is 14.8. The number of ether oxygens (including phenoxy) is 1. The van der Waals surface area contributed by atoms with Gasteiger partial charge in [0.25, 0.3) is 5.91 Å². The van der Waals surface area contributed by atoms with Crippen LogP contribution in [0.25, 0.3) is 0 Å². The Labute approximate surface area is 135 Å². The molecular weight excluding hydrogens is 294 g/mol. The summed E-state index contributed by atoms with van der Waals surface area (Å²) >= 11 is 0. The molecule has 3 rings (SSSR count). The lowest BCUT2D eigenvalue weighted by Gasteiger charge is -2.29. The standard InChI is InChI=1S/C16H21N5O2/c1-19(11-13-10-18-20(2)12-13)16(22)14-4-3-5-17-15(14)21-6-8-23-9-7-21/h3-5,10,12H,6-9,11H2,1-2H3. The Bertz CT molecular complexity index is 679. The number of anilines is 1. The van der Waals surface area contributed by atoms with E-state index in [0.717, 1.165) is 24.5 Å². The zero-order valence-corrected chi connectivity index (χ0v) is 13.5. The fourth-order valence-corrected chi connectivity index (χ4v) is 2.70. The number of aryl methyl sites for hydroxylation is 1. The third-order valence-electron chi connectivity index (χ3n) is 3.85. The Balaban J connectivity index is 1.78. The van der Waals surface area contributed by atoms with Crippen LogP contribution in [0.15, 0.2) is 30.7 Å². The van der Waals surface area contributed by atoms with E-state index in [1.165, 1.54) is 0 Å². The van der Waals surface area contributed by atoms with Gasteiger partial charge in [0.05, 0.1) is 25.0 Å². The summed E-state index contributed by atoms with van der Waals surface area (Å²) in [5, 5.41) is 4.14. The van der Waals surface area contributed by atoms with Crippen LogP contribution in [0.5, 0.6) is 0 Å². The molecule has 1 aliphatic heterocycles. The number of hydrogen-bond donors (Lipinski definition) is 0. The van der Waals surface area contributed by atoms with Crippen molar-refractivity contribution >= 4 is 11.7 Å². The molecule has 23 heavy (non-hydrogen) atoms. The van der Waals surface area contributed by atoms with E-state index in [1.54, 1.807) is 35.1 Å². The predicted molar refractivity (Wildman–Crippen MR) is 86.3 cm³/mol. The minimum atomic E-state index is -0.0385. The van der Waals surface area contributed by atoms with Gasteiger partial charge in [0.1, 0.15) is 5.82 Å². The van der Waals surface area contributed by atoms with Gasteiger partial charge in [0, 0.05) is 51.7 Å². The van der Waals surface area contributed by atoms with Gasteiger partial charge in [0.15, 0.2) is 0 Å². The summed E-state index contributed by atoms with van der Waals surface area (Å²) in [7, 11) is 3.66. The van der Waals surface area contributed by atoms with Crippen molar-refractivity contribution in [2.75, 3.05) is 38.3 Å². The molecule has 122 valence electrons. The monoisotopic (exact) mass is 315 g/mol. The summed E-state index contributed by atoms with van der Waals surface area (Å²) in [5.41, 5.74) is 1.63. The van der Waals surface area contributed by atoms with E-state index in [-0.39, 0.29) is 5.91 Å². The highest BCUT2D eigenvalue weighted by molar-refractivity contribution is 5.98. The van der Waals surface area contributed by atoms with Crippen LogP contribution >= 0.6 is 0 Å². The minimum Gasteiger partial charge on any atom is -0.378 e. The van der Waals surface area contributed by atoms with E-state index >= 15 is 0 Å². The summed E-state index contributed by atoms with van der Waals surface area (Å²) in [6, 6.07) is 3.63. The van der Waals surface area contributed by atoms with E-state index in [0.29, 0.717) is 25.3 Å². The molecule has 0 N–H and O–H groups in total. The molecule has 0 spiro atoms. The van der Waals surface area contributed by atoms with Crippen molar-refractivity contribution in [3.63, 3.8) is 0 Å². The molecule has 0 radical (unpaired) electrons. The molecule has 0 saturated carbocycles. The van der Waals surface area contributed by atoms with Crippen molar-refractivity contribution in [2.45, 2.75) is 6.54 Å². The molecule has 0 aromatic carbocycles. The summed E-state index contributed by atoms with van der Waals surface area (Å²) in [6.45, 7) is 3.35. The highest BCUT2D eigenvalue weighted by atomic mass is 16.5. The van der Waals surface area contributed by atoms with Gasteiger partial charge in [-0.1, -0.05) is 0 Å². The molecular formula is C16H21N5O2. The van der Waals surface area contributed by atoms with Crippen molar-refractivity contribution in [1.82, 2.24) is 19.7 Å². The number of morpholine rings is 1. The summed E-state index contributed by atoms with van der Waals surface area (Å²) in [6.07, 6.45) is 5.41. The Morgan fingerprint density at radius 3 is 2.87 bits per heavy atom. The quantitative estimate of drug-likeness (QED) is 0.840. The average molecular weight is 315 g/mol. The minimum absolute atomic E-state index is 0.0385. The van der Waals surface area contributed by atoms with Crippen LogP contribution in [0.1, 0.15) is 15.9 Å². The van der Waals surface area contributed by atoms with Gasteiger partial charge in [-0.25, -0.2) is 4.98 Å². The number of carbonyl (C=O) groups is 1. The predicted octanol–water partition coefficient (Wildman–Crippen LogP) is 0.924. The van der Waals surface area contributed by atoms with Crippen molar-refractivity contribution in [1.29, 1.82) is 0 Å². The van der Waals surface area contributed by atoms with Crippen molar-refractivity contribution < 1.29 is 9.53 Å². The van der Waals surface area contributed by atoms with E-state index < -0.39 is 0 Å². The number of aromatic nitrogens is 3. The van der Waals surface area contributed by atoms with Crippen LogP contribution in [0.3, 0.4) is 0 Å². The molecule has 0 unspecified atom stereocenters. The van der Waals surface area contributed by atoms with Gasteiger partial charge < -0.3 is 14.5 Å². The molecule has 7 nitrogen and oxygen atoms in total. The molecule has 7 heteroatoms. The lowest BCUT2D eigenvalue weighted by Crippen LogP contribution is -2.38. The first-order chi connectivity index (χ1) is 11.1. The fourth-order valence-electron chi connectivity index (χ4n) is 2.70. The first kappa shape index (κ1) is 15.5. The smallest absolute Gasteiger partial charge is 0.257 e. The van der Waals surface area contributed by atoms with Gasteiger partial charge >= 0.3 is 0 Å². The van der Waals surface area contributed by atoms with E-state index in [9.17, 15) is 4.79 Å². The molecule has 2 aromatic rings. The summed E-state index contributed by atoms with van der Waals surface area (Å²) in [5.74, 6) is 0.697. The van der Waals surface area contributed by atoms with Crippen LogP contribution in [0.2, 0.25) is 0 Å². The SMILES string of the molecule is CN(Cc1cnn(C)c1)C(=O)c1cccnc1N1CCOCC1. The molecule has 1 amide bonds. The molecule has 2 aromatic heterocycles. The molecule has 1 aliphatic rings.